The summed E-state index contributed by atoms with van der Waals surface area (Å²) in [6.45, 7) is 3.72. The number of ether oxygens (including phenoxy) is 1. The minimum absolute atomic E-state index is 0.181. The van der Waals surface area contributed by atoms with E-state index in [-0.39, 0.29) is 11.7 Å². The highest BCUT2D eigenvalue weighted by Crippen LogP contribution is 2.36. The van der Waals surface area contributed by atoms with Crippen molar-refractivity contribution in [1.29, 1.82) is 0 Å². The van der Waals surface area contributed by atoms with Crippen LogP contribution < -0.4 is 10.5 Å². The summed E-state index contributed by atoms with van der Waals surface area (Å²) in [5.41, 5.74) is 3.03. The van der Waals surface area contributed by atoms with Crippen molar-refractivity contribution in [2.45, 2.75) is 26.1 Å². The molecule has 0 aliphatic rings. The quantitative estimate of drug-likeness (QED) is 0.555. The summed E-state index contributed by atoms with van der Waals surface area (Å²) >= 11 is 6.27. The Morgan fingerprint density at radius 1 is 1.07 bits per heavy atom. The lowest BCUT2D eigenvalue weighted by atomic mass is 9.94. The maximum Gasteiger partial charge on any atom is 0.258 e. The van der Waals surface area contributed by atoms with Crippen molar-refractivity contribution in [2.24, 2.45) is 7.05 Å². The lowest BCUT2D eigenvalue weighted by molar-refractivity contribution is -0.121. The standard InChI is InChI=1S/C23H25ClN2O3/c1-14(2)29-20(13-27)22-21(15-6-9-17(10-7-15)25(3)4)19-12-16(24)8-11-18(19)23(28)26(22)5/h6-14,20H,1-5H3. The topological polar surface area (TPSA) is 51.5 Å². The summed E-state index contributed by atoms with van der Waals surface area (Å²) in [6.07, 6.45) is -0.318. The molecule has 1 aromatic heterocycles. The molecular formula is C23H25ClN2O3. The molecule has 1 heterocycles. The molecule has 3 aromatic rings. The molecule has 0 saturated carbocycles. The molecule has 0 spiro atoms. The number of rotatable bonds is 6. The van der Waals surface area contributed by atoms with Gasteiger partial charge in [-0.15, -0.1) is 0 Å². The monoisotopic (exact) mass is 412 g/mol. The van der Waals surface area contributed by atoms with Gasteiger partial charge in [0, 0.05) is 42.8 Å². The Bertz CT molecular complexity index is 1100. The first kappa shape index (κ1) is 21.1. The lowest BCUT2D eigenvalue weighted by Crippen LogP contribution is -2.26. The van der Waals surface area contributed by atoms with E-state index in [2.05, 4.69) is 0 Å². The Balaban J connectivity index is 2.41. The molecule has 0 amide bonds. The molecule has 152 valence electrons. The normalized spacial score (nSPS) is 12.4. The zero-order chi connectivity index (χ0) is 21.3. The van der Waals surface area contributed by atoms with Crippen LogP contribution in [0.2, 0.25) is 5.02 Å². The van der Waals surface area contributed by atoms with Crippen molar-refractivity contribution in [1.82, 2.24) is 4.57 Å². The number of carbonyl (C=O) groups is 1. The number of aldehydes is 1. The van der Waals surface area contributed by atoms with Crippen molar-refractivity contribution in [2.75, 3.05) is 19.0 Å². The number of carbonyl (C=O) groups excluding carboxylic acids is 1. The highest BCUT2D eigenvalue weighted by Gasteiger charge is 2.25. The predicted molar refractivity (Wildman–Crippen MR) is 119 cm³/mol. The largest absolute Gasteiger partial charge is 0.378 e. The van der Waals surface area contributed by atoms with Crippen LogP contribution in [0.25, 0.3) is 21.9 Å². The van der Waals surface area contributed by atoms with Crippen LogP contribution in [0.3, 0.4) is 0 Å². The molecule has 29 heavy (non-hydrogen) atoms. The lowest BCUT2D eigenvalue weighted by Gasteiger charge is -2.23. The molecule has 2 aromatic carbocycles. The number of pyridine rings is 1. The van der Waals surface area contributed by atoms with E-state index in [1.807, 2.05) is 57.1 Å². The molecule has 1 atom stereocenters. The average Bonchev–Trinajstić information content (AvgIpc) is 2.68. The summed E-state index contributed by atoms with van der Waals surface area (Å²) in [7, 11) is 5.62. The molecule has 0 N–H and O–H groups in total. The third-order valence-electron chi connectivity index (χ3n) is 4.89. The minimum atomic E-state index is -0.875. The molecule has 5 nitrogen and oxygen atoms in total. The second kappa shape index (κ2) is 8.39. The van der Waals surface area contributed by atoms with Crippen LogP contribution in [0, 0.1) is 0 Å². The number of fused-ring (bicyclic) bond motifs is 1. The van der Waals surface area contributed by atoms with Gasteiger partial charge in [-0.2, -0.15) is 0 Å². The third-order valence-corrected chi connectivity index (χ3v) is 5.12. The van der Waals surface area contributed by atoms with Gasteiger partial charge in [-0.1, -0.05) is 23.7 Å². The number of nitrogens with zero attached hydrogens (tertiary/aromatic N) is 2. The molecule has 0 bridgehead atoms. The van der Waals surface area contributed by atoms with Crippen molar-refractivity contribution >= 4 is 34.3 Å². The fourth-order valence-corrected chi connectivity index (χ4v) is 3.69. The summed E-state index contributed by atoms with van der Waals surface area (Å²) in [4.78, 5) is 27.0. The van der Waals surface area contributed by atoms with Gasteiger partial charge in [0.25, 0.3) is 5.56 Å². The molecule has 0 saturated heterocycles. The van der Waals surface area contributed by atoms with Crippen LogP contribution in [0.15, 0.2) is 47.3 Å². The van der Waals surface area contributed by atoms with Gasteiger partial charge in [0.2, 0.25) is 0 Å². The van der Waals surface area contributed by atoms with Gasteiger partial charge in [0.1, 0.15) is 0 Å². The van der Waals surface area contributed by atoms with Gasteiger partial charge < -0.3 is 19.0 Å². The van der Waals surface area contributed by atoms with E-state index in [1.54, 1.807) is 25.2 Å². The van der Waals surface area contributed by atoms with E-state index in [9.17, 15) is 9.59 Å². The first-order valence-electron chi connectivity index (χ1n) is 9.45. The molecule has 3 rings (SSSR count). The maximum absolute atomic E-state index is 13.0. The van der Waals surface area contributed by atoms with Crippen molar-refractivity contribution in [3.05, 3.63) is 63.5 Å². The molecule has 0 radical (unpaired) electrons. The van der Waals surface area contributed by atoms with E-state index in [1.165, 1.54) is 4.57 Å². The SMILES string of the molecule is CC(C)OC(C=O)c1c(-c2ccc(N(C)C)cc2)c2cc(Cl)ccc2c(=O)n1C. The molecule has 6 heteroatoms. The van der Waals surface area contributed by atoms with Gasteiger partial charge in [0.05, 0.1) is 11.8 Å². The van der Waals surface area contributed by atoms with E-state index in [0.717, 1.165) is 23.1 Å². The summed E-state index contributed by atoms with van der Waals surface area (Å²) in [5, 5.41) is 1.77. The van der Waals surface area contributed by atoms with E-state index in [0.29, 0.717) is 21.5 Å². The highest BCUT2D eigenvalue weighted by molar-refractivity contribution is 6.31. The van der Waals surface area contributed by atoms with Gasteiger partial charge in [-0.25, -0.2) is 0 Å². The third kappa shape index (κ3) is 4.07. The Morgan fingerprint density at radius 2 is 1.72 bits per heavy atom. The van der Waals surface area contributed by atoms with Gasteiger partial charge in [0.15, 0.2) is 12.4 Å². The van der Waals surface area contributed by atoms with Crippen LogP contribution in [0.1, 0.15) is 25.6 Å². The van der Waals surface area contributed by atoms with Crippen LogP contribution in [-0.4, -0.2) is 31.1 Å². The second-order valence-corrected chi connectivity index (χ2v) is 7.93. The van der Waals surface area contributed by atoms with Crippen LogP contribution in [0.5, 0.6) is 0 Å². The van der Waals surface area contributed by atoms with Gasteiger partial charge >= 0.3 is 0 Å². The number of hydrogen-bond acceptors (Lipinski definition) is 4. The molecule has 1 unspecified atom stereocenters. The average molecular weight is 413 g/mol. The summed E-state index contributed by atoms with van der Waals surface area (Å²) in [6, 6.07) is 13.2. The predicted octanol–water partition coefficient (Wildman–Crippen LogP) is 4.59. The van der Waals surface area contributed by atoms with Gasteiger partial charge in [-0.05, 0) is 55.1 Å². The van der Waals surface area contributed by atoms with Gasteiger partial charge in [-0.3, -0.25) is 4.79 Å². The van der Waals surface area contributed by atoms with Crippen molar-refractivity contribution < 1.29 is 9.53 Å². The Kier molecular flexibility index (Phi) is 6.10. The number of halogens is 1. The van der Waals surface area contributed by atoms with Crippen LogP contribution in [0.4, 0.5) is 5.69 Å². The molecule has 0 aliphatic heterocycles. The zero-order valence-electron chi connectivity index (χ0n) is 17.3. The van der Waals surface area contributed by atoms with Crippen LogP contribution in [-0.2, 0) is 16.6 Å². The maximum atomic E-state index is 13.0. The molecule has 0 fully saturated rings. The summed E-state index contributed by atoms with van der Waals surface area (Å²) in [5.74, 6) is 0. The number of aromatic nitrogens is 1. The molecule has 0 aliphatic carbocycles. The fraction of sp³-hybridized carbons (Fsp3) is 0.304. The Labute approximate surface area is 175 Å². The summed E-state index contributed by atoms with van der Waals surface area (Å²) < 4.78 is 7.36. The van der Waals surface area contributed by atoms with E-state index in [4.69, 9.17) is 16.3 Å². The fourth-order valence-electron chi connectivity index (χ4n) is 3.52. The highest BCUT2D eigenvalue weighted by atomic mass is 35.5. The first-order chi connectivity index (χ1) is 13.7. The smallest absolute Gasteiger partial charge is 0.258 e. The Morgan fingerprint density at radius 3 is 2.28 bits per heavy atom. The van der Waals surface area contributed by atoms with Crippen LogP contribution >= 0.6 is 11.6 Å². The molecular weight excluding hydrogens is 388 g/mol. The second-order valence-electron chi connectivity index (χ2n) is 7.50. The number of benzene rings is 2. The van der Waals surface area contributed by atoms with Crippen molar-refractivity contribution in [3.8, 4) is 11.1 Å². The minimum Gasteiger partial charge on any atom is -0.378 e. The Hall–Kier alpha value is -2.63. The van der Waals surface area contributed by atoms with E-state index < -0.39 is 6.10 Å². The number of anilines is 1. The van der Waals surface area contributed by atoms with E-state index >= 15 is 0 Å². The first-order valence-corrected chi connectivity index (χ1v) is 9.83. The van der Waals surface area contributed by atoms with Crippen molar-refractivity contribution in [3.63, 3.8) is 0 Å². The zero-order valence-corrected chi connectivity index (χ0v) is 18.0. The number of hydrogen-bond donors (Lipinski definition) is 0.